The Morgan fingerprint density at radius 3 is 2.57 bits per heavy atom. The second kappa shape index (κ2) is 7.43. The highest BCUT2D eigenvalue weighted by Gasteiger charge is 2.21. The van der Waals surface area contributed by atoms with E-state index in [-0.39, 0.29) is 5.95 Å². The van der Waals surface area contributed by atoms with Crippen molar-refractivity contribution in [2.75, 3.05) is 29.0 Å². The average Bonchev–Trinajstić information content (AvgIpc) is 2.48. The van der Waals surface area contributed by atoms with Gasteiger partial charge in [-0.15, -0.1) is 0 Å². The van der Waals surface area contributed by atoms with Crippen molar-refractivity contribution >= 4 is 17.8 Å². The Bertz CT molecular complexity index is 446. The zero-order valence-electron chi connectivity index (χ0n) is 13.5. The van der Waals surface area contributed by atoms with Gasteiger partial charge in [0.1, 0.15) is 0 Å². The zero-order valence-corrected chi connectivity index (χ0v) is 13.5. The molecule has 118 valence electrons. The molecule has 0 amide bonds. The van der Waals surface area contributed by atoms with Crippen molar-refractivity contribution in [1.82, 2.24) is 15.0 Å². The van der Waals surface area contributed by atoms with Crippen LogP contribution >= 0.6 is 0 Å². The van der Waals surface area contributed by atoms with Crippen LogP contribution in [0.15, 0.2) is 0 Å². The molecule has 1 saturated carbocycles. The van der Waals surface area contributed by atoms with Crippen molar-refractivity contribution in [2.24, 2.45) is 5.92 Å². The molecule has 6 heteroatoms. The molecule has 3 N–H and O–H groups in total. The van der Waals surface area contributed by atoms with Gasteiger partial charge in [-0.3, -0.25) is 0 Å². The van der Waals surface area contributed by atoms with E-state index >= 15 is 0 Å². The van der Waals surface area contributed by atoms with Crippen molar-refractivity contribution in [1.29, 1.82) is 0 Å². The number of aromatic nitrogens is 3. The smallest absolute Gasteiger partial charge is 0.231 e. The van der Waals surface area contributed by atoms with E-state index in [4.69, 9.17) is 5.73 Å². The van der Waals surface area contributed by atoms with E-state index in [1.165, 1.54) is 32.1 Å². The number of nitrogens with one attached hydrogen (secondary N) is 1. The van der Waals surface area contributed by atoms with Crippen LogP contribution in [0.4, 0.5) is 17.8 Å². The summed E-state index contributed by atoms with van der Waals surface area (Å²) in [5, 5.41) is 3.46. The Labute approximate surface area is 127 Å². The second-order valence-corrected chi connectivity index (χ2v) is 5.77. The van der Waals surface area contributed by atoms with Gasteiger partial charge in [0.15, 0.2) is 0 Å². The number of nitrogen functional groups attached to an aromatic ring is 1. The Hall–Kier alpha value is -1.59. The van der Waals surface area contributed by atoms with Gasteiger partial charge < -0.3 is 16.0 Å². The summed E-state index contributed by atoms with van der Waals surface area (Å²) < 4.78 is 0. The minimum atomic E-state index is 0.289. The molecule has 0 aromatic carbocycles. The average molecular weight is 292 g/mol. The highest BCUT2D eigenvalue weighted by Crippen LogP contribution is 2.28. The number of hydrogen-bond donors (Lipinski definition) is 2. The fourth-order valence-corrected chi connectivity index (χ4v) is 3.07. The van der Waals surface area contributed by atoms with E-state index in [1.54, 1.807) is 0 Å². The number of anilines is 3. The van der Waals surface area contributed by atoms with Gasteiger partial charge in [0, 0.05) is 19.1 Å². The van der Waals surface area contributed by atoms with E-state index in [0.717, 1.165) is 19.0 Å². The van der Waals surface area contributed by atoms with Crippen LogP contribution in [0.3, 0.4) is 0 Å². The molecule has 6 nitrogen and oxygen atoms in total. The molecule has 2 atom stereocenters. The lowest BCUT2D eigenvalue weighted by atomic mass is 9.84. The molecule has 2 unspecified atom stereocenters. The monoisotopic (exact) mass is 292 g/mol. The molecule has 0 saturated heterocycles. The van der Waals surface area contributed by atoms with Crippen molar-refractivity contribution in [3.05, 3.63) is 0 Å². The van der Waals surface area contributed by atoms with Crippen LogP contribution in [-0.2, 0) is 0 Å². The zero-order chi connectivity index (χ0) is 15.2. The topological polar surface area (TPSA) is 80.0 Å². The minimum absolute atomic E-state index is 0.289. The molecule has 1 aliphatic carbocycles. The Morgan fingerprint density at radius 2 is 1.90 bits per heavy atom. The van der Waals surface area contributed by atoms with Crippen molar-refractivity contribution in [3.63, 3.8) is 0 Å². The molecule has 2 rings (SSSR count). The molecule has 0 radical (unpaired) electrons. The number of hydrogen-bond acceptors (Lipinski definition) is 6. The third-order valence-corrected chi connectivity index (χ3v) is 4.38. The maximum Gasteiger partial charge on any atom is 0.231 e. The van der Waals surface area contributed by atoms with E-state index in [1.807, 2.05) is 0 Å². The fraction of sp³-hybridized carbons (Fsp3) is 0.800. The van der Waals surface area contributed by atoms with Gasteiger partial charge in [-0.05, 0) is 32.6 Å². The maximum atomic E-state index is 5.84. The molecule has 1 aromatic heterocycles. The van der Waals surface area contributed by atoms with Gasteiger partial charge in [0.2, 0.25) is 17.8 Å². The maximum absolute atomic E-state index is 5.84. The van der Waals surface area contributed by atoms with Crippen molar-refractivity contribution in [3.8, 4) is 0 Å². The highest BCUT2D eigenvalue weighted by atomic mass is 15.3. The molecule has 1 fully saturated rings. The fourth-order valence-electron chi connectivity index (χ4n) is 3.07. The lowest BCUT2D eigenvalue weighted by molar-refractivity contribution is 0.326. The van der Waals surface area contributed by atoms with Gasteiger partial charge in [0.05, 0.1) is 0 Å². The summed E-state index contributed by atoms with van der Waals surface area (Å²) in [6, 6.07) is 0.454. The van der Waals surface area contributed by atoms with Crippen LogP contribution in [0.5, 0.6) is 0 Å². The van der Waals surface area contributed by atoms with E-state index in [2.05, 4.69) is 45.9 Å². The van der Waals surface area contributed by atoms with E-state index in [0.29, 0.717) is 17.9 Å². The summed E-state index contributed by atoms with van der Waals surface area (Å²) in [5.74, 6) is 2.39. The van der Waals surface area contributed by atoms with Gasteiger partial charge >= 0.3 is 0 Å². The van der Waals surface area contributed by atoms with Crippen LogP contribution in [0, 0.1) is 5.92 Å². The van der Waals surface area contributed by atoms with Crippen LogP contribution in [0.2, 0.25) is 0 Å². The molecule has 0 aliphatic heterocycles. The van der Waals surface area contributed by atoms with Gasteiger partial charge in [-0.25, -0.2) is 0 Å². The Morgan fingerprint density at radius 1 is 1.14 bits per heavy atom. The standard InChI is InChI=1S/C15H28N6/c1-4-11-8-7-9-12(10-11)17-14-18-13(16)19-15(20-14)21(5-2)6-3/h11-12H,4-10H2,1-3H3,(H3,16,17,18,19,20). The molecule has 0 bridgehead atoms. The second-order valence-electron chi connectivity index (χ2n) is 5.77. The molecule has 21 heavy (non-hydrogen) atoms. The number of rotatable bonds is 6. The van der Waals surface area contributed by atoms with E-state index in [9.17, 15) is 0 Å². The minimum Gasteiger partial charge on any atom is -0.368 e. The van der Waals surface area contributed by atoms with Crippen LogP contribution in [0.1, 0.15) is 52.9 Å². The Kier molecular flexibility index (Phi) is 5.59. The highest BCUT2D eigenvalue weighted by molar-refractivity contribution is 5.42. The van der Waals surface area contributed by atoms with Crippen molar-refractivity contribution in [2.45, 2.75) is 58.9 Å². The lowest BCUT2D eigenvalue weighted by Crippen LogP contribution is -2.29. The van der Waals surface area contributed by atoms with Gasteiger partial charge in [-0.1, -0.05) is 26.2 Å². The third-order valence-electron chi connectivity index (χ3n) is 4.38. The predicted molar refractivity (Wildman–Crippen MR) is 87.5 cm³/mol. The largest absolute Gasteiger partial charge is 0.368 e. The molecular formula is C15H28N6. The normalized spacial score (nSPS) is 22.0. The first kappa shape index (κ1) is 15.8. The lowest BCUT2D eigenvalue weighted by Gasteiger charge is -2.29. The first-order valence-corrected chi connectivity index (χ1v) is 8.19. The third kappa shape index (κ3) is 4.19. The molecule has 1 aromatic rings. The Balaban J connectivity index is 2.09. The van der Waals surface area contributed by atoms with E-state index < -0.39 is 0 Å². The first-order chi connectivity index (χ1) is 10.2. The molecule has 0 spiro atoms. The van der Waals surface area contributed by atoms with Crippen LogP contribution in [0.25, 0.3) is 0 Å². The summed E-state index contributed by atoms with van der Waals surface area (Å²) in [6.45, 7) is 8.17. The first-order valence-electron chi connectivity index (χ1n) is 8.19. The number of nitrogens with two attached hydrogens (primary N) is 1. The summed E-state index contributed by atoms with van der Waals surface area (Å²) in [5.41, 5.74) is 5.84. The van der Waals surface area contributed by atoms with Gasteiger partial charge in [-0.2, -0.15) is 15.0 Å². The predicted octanol–water partition coefficient (Wildman–Crippen LogP) is 2.68. The van der Waals surface area contributed by atoms with Crippen molar-refractivity contribution < 1.29 is 0 Å². The molecular weight excluding hydrogens is 264 g/mol. The summed E-state index contributed by atoms with van der Waals surface area (Å²) in [4.78, 5) is 15.1. The quantitative estimate of drug-likeness (QED) is 0.839. The molecule has 1 aliphatic rings. The molecule has 1 heterocycles. The van der Waals surface area contributed by atoms with Crippen LogP contribution in [-0.4, -0.2) is 34.1 Å². The summed E-state index contributed by atoms with van der Waals surface area (Å²) >= 11 is 0. The number of nitrogens with zero attached hydrogens (tertiary/aromatic N) is 4. The summed E-state index contributed by atoms with van der Waals surface area (Å²) in [6.07, 6.45) is 6.26. The SMILES string of the molecule is CCC1CCCC(Nc2nc(N)nc(N(CC)CC)n2)C1. The van der Waals surface area contributed by atoms with Crippen LogP contribution < -0.4 is 16.0 Å². The summed E-state index contributed by atoms with van der Waals surface area (Å²) in [7, 11) is 0. The van der Waals surface area contributed by atoms with Gasteiger partial charge in [0.25, 0.3) is 0 Å².